The van der Waals surface area contributed by atoms with Gasteiger partial charge in [-0.05, 0) is 18.1 Å². The van der Waals surface area contributed by atoms with Gasteiger partial charge in [-0.3, -0.25) is 0 Å². The van der Waals surface area contributed by atoms with Gasteiger partial charge in [0.15, 0.2) is 0 Å². The Morgan fingerprint density at radius 2 is 2.00 bits per heavy atom. The van der Waals surface area contributed by atoms with Gasteiger partial charge in [0, 0.05) is 25.3 Å². The molecule has 0 aliphatic heterocycles. The van der Waals surface area contributed by atoms with Gasteiger partial charge in [-0.1, -0.05) is 13.8 Å². The third-order valence-corrected chi connectivity index (χ3v) is 4.36. The molecule has 1 aromatic carbocycles. The van der Waals surface area contributed by atoms with Crippen LogP contribution in [0, 0.1) is 5.92 Å². The zero-order valence-corrected chi connectivity index (χ0v) is 12.0. The van der Waals surface area contributed by atoms with E-state index in [0.717, 1.165) is 0 Å². The lowest BCUT2D eigenvalue weighted by molar-refractivity contribution is 0.391. The van der Waals surface area contributed by atoms with E-state index >= 15 is 0 Å². The minimum atomic E-state index is -3.54. The number of hydrogen-bond acceptors (Lipinski definition) is 4. The summed E-state index contributed by atoms with van der Waals surface area (Å²) in [7, 11) is -0.553. The zero-order chi connectivity index (χ0) is 13.9. The fraction of sp³-hybridized carbons (Fsp3) is 0.500. The van der Waals surface area contributed by atoms with Crippen LogP contribution in [0.5, 0.6) is 5.75 Å². The summed E-state index contributed by atoms with van der Waals surface area (Å²) in [5, 5.41) is 0. The molecule has 0 heterocycles. The normalized spacial score (nSPS) is 12.1. The fourth-order valence-corrected chi connectivity index (χ4v) is 3.14. The molecule has 1 rings (SSSR count). The summed E-state index contributed by atoms with van der Waals surface area (Å²) in [6.45, 7) is 4.38. The van der Waals surface area contributed by atoms with E-state index in [1.54, 1.807) is 13.1 Å². The second-order valence-corrected chi connectivity index (χ2v) is 6.60. The summed E-state index contributed by atoms with van der Waals surface area (Å²) in [6, 6.07) is 4.54. The SMILES string of the molecule is COc1cc(N)ccc1S(=O)(=O)N(C)CC(C)C. The lowest BCUT2D eigenvalue weighted by Crippen LogP contribution is -2.30. The van der Waals surface area contributed by atoms with Gasteiger partial charge >= 0.3 is 0 Å². The maximum absolute atomic E-state index is 12.4. The highest BCUT2D eigenvalue weighted by Crippen LogP contribution is 2.28. The Balaban J connectivity index is 3.20. The van der Waals surface area contributed by atoms with Crippen molar-refractivity contribution in [2.75, 3.05) is 26.4 Å². The van der Waals surface area contributed by atoms with Gasteiger partial charge < -0.3 is 10.5 Å². The van der Waals surface area contributed by atoms with Gasteiger partial charge in [0.2, 0.25) is 10.0 Å². The highest BCUT2D eigenvalue weighted by molar-refractivity contribution is 7.89. The van der Waals surface area contributed by atoms with Crippen molar-refractivity contribution in [3.05, 3.63) is 18.2 Å². The molecular formula is C12H20N2O3S. The van der Waals surface area contributed by atoms with E-state index in [1.807, 2.05) is 13.8 Å². The van der Waals surface area contributed by atoms with Crippen LogP contribution in [0.3, 0.4) is 0 Å². The van der Waals surface area contributed by atoms with Crippen LogP contribution in [0.1, 0.15) is 13.8 Å². The summed E-state index contributed by atoms with van der Waals surface area (Å²) < 4.78 is 31.1. The molecule has 0 aromatic heterocycles. The Morgan fingerprint density at radius 3 is 2.50 bits per heavy atom. The molecule has 0 atom stereocenters. The molecule has 18 heavy (non-hydrogen) atoms. The molecule has 0 aliphatic rings. The largest absolute Gasteiger partial charge is 0.495 e. The monoisotopic (exact) mass is 272 g/mol. The first-order valence-corrected chi connectivity index (χ1v) is 7.13. The number of nitrogens with two attached hydrogens (primary N) is 1. The Bertz CT molecular complexity index is 512. The Hall–Kier alpha value is -1.27. The first kappa shape index (κ1) is 14.8. The number of nitrogens with zero attached hydrogens (tertiary/aromatic N) is 1. The molecule has 0 saturated carbocycles. The molecule has 5 nitrogen and oxygen atoms in total. The molecule has 0 unspecified atom stereocenters. The number of anilines is 1. The van der Waals surface area contributed by atoms with Crippen molar-refractivity contribution in [1.29, 1.82) is 0 Å². The van der Waals surface area contributed by atoms with E-state index in [9.17, 15) is 8.42 Å². The third-order valence-electron chi connectivity index (χ3n) is 2.50. The Labute approximate surface area is 109 Å². The number of methoxy groups -OCH3 is 1. The summed E-state index contributed by atoms with van der Waals surface area (Å²) in [5.41, 5.74) is 6.08. The number of sulfonamides is 1. The number of ether oxygens (including phenoxy) is 1. The smallest absolute Gasteiger partial charge is 0.246 e. The second kappa shape index (κ2) is 5.58. The van der Waals surface area contributed by atoms with Gasteiger partial charge in [-0.15, -0.1) is 0 Å². The standard InChI is InChI=1S/C12H20N2O3S/c1-9(2)8-14(3)18(15,16)12-6-5-10(13)7-11(12)17-4/h5-7,9H,8,13H2,1-4H3. The van der Waals surface area contributed by atoms with Crippen LogP contribution in [-0.4, -0.2) is 33.4 Å². The van der Waals surface area contributed by atoms with Gasteiger partial charge in [-0.2, -0.15) is 0 Å². The Kier molecular flexibility index (Phi) is 4.59. The van der Waals surface area contributed by atoms with Gasteiger partial charge in [0.05, 0.1) is 7.11 Å². The summed E-state index contributed by atoms with van der Waals surface area (Å²) in [5.74, 6) is 0.523. The van der Waals surface area contributed by atoms with Crippen LogP contribution < -0.4 is 10.5 Å². The molecule has 1 aromatic rings. The van der Waals surface area contributed by atoms with Crippen LogP contribution in [-0.2, 0) is 10.0 Å². The molecule has 0 radical (unpaired) electrons. The van der Waals surface area contributed by atoms with E-state index < -0.39 is 10.0 Å². The highest BCUT2D eigenvalue weighted by atomic mass is 32.2. The number of hydrogen-bond donors (Lipinski definition) is 1. The van der Waals surface area contributed by atoms with Crippen molar-refractivity contribution in [3.8, 4) is 5.75 Å². The van der Waals surface area contributed by atoms with Gasteiger partial charge in [-0.25, -0.2) is 12.7 Å². The lowest BCUT2D eigenvalue weighted by Gasteiger charge is -2.20. The molecule has 6 heteroatoms. The quantitative estimate of drug-likeness (QED) is 0.825. The maximum atomic E-state index is 12.4. The summed E-state index contributed by atoms with van der Waals surface area (Å²) in [4.78, 5) is 0.141. The number of rotatable bonds is 5. The average Bonchev–Trinajstić information content (AvgIpc) is 2.27. The van der Waals surface area contributed by atoms with Crippen molar-refractivity contribution in [3.63, 3.8) is 0 Å². The predicted molar refractivity (Wildman–Crippen MR) is 72.1 cm³/mol. The van der Waals surface area contributed by atoms with E-state index in [2.05, 4.69) is 0 Å². The molecule has 2 N–H and O–H groups in total. The van der Waals surface area contributed by atoms with E-state index in [-0.39, 0.29) is 16.6 Å². The lowest BCUT2D eigenvalue weighted by atomic mass is 10.2. The summed E-state index contributed by atoms with van der Waals surface area (Å²) in [6.07, 6.45) is 0. The van der Waals surface area contributed by atoms with Gasteiger partial charge in [0.25, 0.3) is 0 Å². The summed E-state index contributed by atoms with van der Waals surface area (Å²) >= 11 is 0. The highest BCUT2D eigenvalue weighted by Gasteiger charge is 2.25. The van der Waals surface area contributed by atoms with E-state index in [0.29, 0.717) is 12.2 Å². The predicted octanol–water partition coefficient (Wildman–Crippen LogP) is 1.55. The first-order valence-electron chi connectivity index (χ1n) is 5.69. The van der Waals surface area contributed by atoms with Crippen molar-refractivity contribution >= 4 is 15.7 Å². The topological polar surface area (TPSA) is 72.6 Å². The minimum absolute atomic E-state index is 0.141. The van der Waals surface area contributed by atoms with Crippen molar-refractivity contribution in [2.24, 2.45) is 5.92 Å². The van der Waals surface area contributed by atoms with Crippen LogP contribution in [0.2, 0.25) is 0 Å². The molecule has 0 fully saturated rings. The van der Waals surface area contributed by atoms with Crippen molar-refractivity contribution in [1.82, 2.24) is 4.31 Å². The molecule has 0 bridgehead atoms. The second-order valence-electron chi connectivity index (χ2n) is 4.59. The first-order chi connectivity index (χ1) is 8.28. The van der Waals surface area contributed by atoms with E-state index in [1.165, 1.54) is 23.5 Å². The van der Waals surface area contributed by atoms with Crippen LogP contribution in [0.25, 0.3) is 0 Å². The molecular weight excluding hydrogens is 252 g/mol. The zero-order valence-electron chi connectivity index (χ0n) is 11.2. The van der Waals surface area contributed by atoms with Crippen LogP contribution in [0.15, 0.2) is 23.1 Å². The minimum Gasteiger partial charge on any atom is -0.495 e. The van der Waals surface area contributed by atoms with Crippen molar-refractivity contribution in [2.45, 2.75) is 18.7 Å². The van der Waals surface area contributed by atoms with E-state index in [4.69, 9.17) is 10.5 Å². The number of benzene rings is 1. The maximum Gasteiger partial charge on any atom is 0.246 e. The Morgan fingerprint density at radius 1 is 1.39 bits per heavy atom. The van der Waals surface area contributed by atoms with Gasteiger partial charge in [0.1, 0.15) is 10.6 Å². The molecule has 0 spiro atoms. The van der Waals surface area contributed by atoms with Crippen LogP contribution in [0.4, 0.5) is 5.69 Å². The molecule has 0 amide bonds. The average molecular weight is 272 g/mol. The number of nitrogen functional groups attached to an aromatic ring is 1. The molecule has 102 valence electrons. The fourth-order valence-electron chi connectivity index (χ4n) is 1.68. The molecule has 0 saturated heterocycles. The van der Waals surface area contributed by atoms with Crippen LogP contribution >= 0.6 is 0 Å². The third kappa shape index (κ3) is 3.14. The van der Waals surface area contributed by atoms with Crippen molar-refractivity contribution < 1.29 is 13.2 Å². The molecule has 0 aliphatic carbocycles.